The van der Waals surface area contributed by atoms with Gasteiger partial charge in [-0.2, -0.15) is 0 Å². The molecule has 0 aromatic rings. The first kappa shape index (κ1) is 35.4. The number of carboxylic acids is 1. The predicted octanol–water partition coefficient (Wildman–Crippen LogP) is 0.418. The summed E-state index contributed by atoms with van der Waals surface area (Å²) in [5.41, 5.74) is 10.4. The normalized spacial score (nSPS) is 12.9. The van der Waals surface area contributed by atoms with Gasteiger partial charge in [0.25, 0.3) is 0 Å². The first-order valence-electron chi connectivity index (χ1n) is 13.7. The van der Waals surface area contributed by atoms with E-state index in [1.165, 1.54) is 0 Å². The molecule has 0 fully saturated rings. The molecule has 3 atom stereocenters. The van der Waals surface area contributed by atoms with E-state index in [4.69, 9.17) is 22.3 Å². The SMILES string of the molecule is CC[C@H](C)[C@H](NC(=O)CCCCNC(=N)N)C(=O)N[C@@H](CC(=O)O)NC(=O)CCCCCCCCNC(=N)N. The zero-order valence-corrected chi connectivity index (χ0v) is 23.4. The average molecular weight is 556 g/mol. The Labute approximate surface area is 231 Å². The second kappa shape index (κ2) is 21.4. The van der Waals surface area contributed by atoms with Crippen molar-refractivity contribution in [3.63, 3.8) is 0 Å². The molecule has 0 saturated heterocycles. The Hall–Kier alpha value is -3.58. The molecule has 0 rings (SSSR count). The first-order chi connectivity index (χ1) is 18.5. The van der Waals surface area contributed by atoms with Crippen LogP contribution in [0.3, 0.4) is 0 Å². The number of aliphatic carboxylic acids is 1. The third-order valence-corrected chi connectivity index (χ3v) is 6.13. The molecule has 12 N–H and O–H groups in total. The van der Waals surface area contributed by atoms with Crippen molar-refractivity contribution >= 4 is 35.6 Å². The van der Waals surface area contributed by atoms with E-state index in [1.807, 2.05) is 13.8 Å². The van der Waals surface area contributed by atoms with Gasteiger partial charge in [-0.1, -0.05) is 46.0 Å². The van der Waals surface area contributed by atoms with E-state index >= 15 is 0 Å². The summed E-state index contributed by atoms with van der Waals surface area (Å²) in [4.78, 5) is 49.2. The third-order valence-electron chi connectivity index (χ3n) is 6.13. The fourth-order valence-corrected chi connectivity index (χ4v) is 3.76. The molecule has 0 bridgehead atoms. The quantitative estimate of drug-likeness (QED) is 0.0384. The molecule has 14 heteroatoms. The zero-order valence-electron chi connectivity index (χ0n) is 23.4. The number of nitrogens with one attached hydrogen (secondary N) is 7. The molecular formula is C25H49N9O5. The summed E-state index contributed by atoms with van der Waals surface area (Å²) in [6.07, 6.45) is 5.90. The van der Waals surface area contributed by atoms with E-state index in [2.05, 4.69) is 26.6 Å². The van der Waals surface area contributed by atoms with E-state index in [0.717, 1.165) is 32.1 Å². The summed E-state index contributed by atoms with van der Waals surface area (Å²) in [7, 11) is 0. The molecule has 0 spiro atoms. The van der Waals surface area contributed by atoms with Gasteiger partial charge >= 0.3 is 5.97 Å². The van der Waals surface area contributed by atoms with Crippen molar-refractivity contribution in [3.05, 3.63) is 0 Å². The van der Waals surface area contributed by atoms with Gasteiger partial charge in [-0.25, -0.2) is 0 Å². The maximum absolute atomic E-state index is 13.0. The number of rotatable bonds is 22. The summed E-state index contributed by atoms with van der Waals surface area (Å²) in [5, 5.41) is 36.8. The lowest BCUT2D eigenvalue weighted by Gasteiger charge is -2.27. The van der Waals surface area contributed by atoms with Crippen molar-refractivity contribution in [3.8, 4) is 0 Å². The van der Waals surface area contributed by atoms with Gasteiger partial charge in [-0.3, -0.25) is 30.0 Å². The Kier molecular flexibility index (Phi) is 19.4. The molecule has 3 amide bonds. The maximum Gasteiger partial charge on any atom is 0.307 e. The minimum Gasteiger partial charge on any atom is -0.481 e. The van der Waals surface area contributed by atoms with Gasteiger partial charge in [-0.15, -0.1) is 0 Å². The van der Waals surface area contributed by atoms with Gasteiger partial charge in [0.15, 0.2) is 11.9 Å². The highest BCUT2D eigenvalue weighted by Crippen LogP contribution is 2.10. The van der Waals surface area contributed by atoms with Crippen LogP contribution in [0, 0.1) is 16.7 Å². The third kappa shape index (κ3) is 20.1. The lowest BCUT2D eigenvalue weighted by molar-refractivity contribution is -0.138. The molecule has 224 valence electrons. The van der Waals surface area contributed by atoms with Crippen LogP contribution in [0.2, 0.25) is 0 Å². The van der Waals surface area contributed by atoms with E-state index < -0.39 is 30.5 Å². The summed E-state index contributed by atoms with van der Waals surface area (Å²) in [5.74, 6) is -2.78. The Morgan fingerprint density at radius 1 is 0.744 bits per heavy atom. The van der Waals surface area contributed by atoms with Gasteiger partial charge < -0.3 is 43.2 Å². The monoisotopic (exact) mass is 555 g/mol. The second-order valence-electron chi connectivity index (χ2n) is 9.67. The number of unbranched alkanes of at least 4 members (excludes halogenated alkanes) is 6. The van der Waals surface area contributed by atoms with Crippen LogP contribution in [-0.2, 0) is 19.2 Å². The fraction of sp³-hybridized carbons (Fsp3) is 0.760. The number of hydrogen-bond donors (Lipinski definition) is 10. The van der Waals surface area contributed by atoms with Gasteiger partial charge in [-0.05, 0) is 31.6 Å². The standard InChI is InChI=1S/C25H49N9O5/c1-3-17(2)22(34-20(36)13-9-11-15-31-25(28)29)23(39)33-18(16-21(37)38)32-19(35)12-8-6-4-5-7-10-14-30-24(26)27/h17-18,22H,3-16H2,1-2H3,(H,32,35)(H,33,39)(H,34,36)(H,37,38)(H4,26,27,30)(H4,28,29,31)/t17-,18-,22-/m0/s1. The van der Waals surface area contributed by atoms with Gasteiger partial charge in [0.2, 0.25) is 17.7 Å². The van der Waals surface area contributed by atoms with Crippen LogP contribution in [0.15, 0.2) is 0 Å². The minimum atomic E-state index is -1.18. The Balaban J connectivity index is 4.66. The largest absolute Gasteiger partial charge is 0.481 e. The Morgan fingerprint density at radius 2 is 1.21 bits per heavy atom. The van der Waals surface area contributed by atoms with Gasteiger partial charge in [0.05, 0.1) is 6.42 Å². The van der Waals surface area contributed by atoms with Crippen LogP contribution in [0.1, 0.15) is 90.9 Å². The minimum absolute atomic E-state index is 0.0369. The molecule has 0 radical (unpaired) electrons. The van der Waals surface area contributed by atoms with Crippen LogP contribution in [0.4, 0.5) is 0 Å². The molecule has 14 nitrogen and oxygen atoms in total. The molecule has 0 aliphatic carbocycles. The number of hydrogen-bond acceptors (Lipinski definition) is 6. The highest BCUT2D eigenvalue weighted by atomic mass is 16.4. The summed E-state index contributed by atoms with van der Waals surface area (Å²) < 4.78 is 0. The van der Waals surface area contributed by atoms with Crippen molar-refractivity contribution in [1.29, 1.82) is 10.8 Å². The number of amides is 3. The molecule has 0 heterocycles. The maximum atomic E-state index is 13.0. The van der Waals surface area contributed by atoms with Crippen LogP contribution >= 0.6 is 0 Å². The lowest BCUT2D eigenvalue weighted by atomic mass is 9.97. The average Bonchev–Trinajstić information content (AvgIpc) is 2.84. The molecular weight excluding hydrogens is 506 g/mol. The highest BCUT2D eigenvalue weighted by molar-refractivity contribution is 5.88. The Bertz CT molecular complexity index is 794. The summed E-state index contributed by atoms with van der Waals surface area (Å²) in [6.45, 7) is 4.82. The number of carbonyl (C=O) groups is 4. The molecule has 0 unspecified atom stereocenters. The number of nitrogens with two attached hydrogens (primary N) is 2. The molecule has 0 aliphatic rings. The number of guanidine groups is 2. The molecule has 0 aliphatic heterocycles. The Morgan fingerprint density at radius 3 is 1.72 bits per heavy atom. The van der Waals surface area contributed by atoms with E-state index in [-0.39, 0.29) is 42.5 Å². The smallest absolute Gasteiger partial charge is 0.307 e. The number of carboxylic acid groups (broad SMARTS) is 1. The van der Waals surface area contributed by atoms with E-state index in [9.17, 15) is 24.3 Å². The molecule has 0 aromatic carbocycles. The molecule has 0 aromatic heterocycles. The lowest BCUT2D eigenvalue weighted by Crippen LogP contribution is -2.56. The van der Waals surface area contributed by atoms with Gasteiger partial charge in [0, 0.05) is 25.9 Å². The van der Waals surface area contributed by atoms with Crippen molar-refractivity contribution < 1.29 is 24.3 Å². The fourth-order valence-electron chi connectivity index (χ4n) is 3.76. The van der Waals surface area contributed by atoms with Gasteiger partial charge in [0.1, 0.15) is 12.2 Å². The van der Waals surface area contributed by atoms with Crippen LogP contribution in [-0.4, -0.2) is 66.0 Å². The van der Waals surface area contributed by atoms with Crippen LogP contribution in [0.5, 0.6) is 0 Å². The van der Waals surface area contributed by atoms with Crippen LogP contribution in [0.25, 0.3) is 0 Å². The second-order valence-corrected chi connectivity index (χ2v) is 9.67. The molecule has 39 heavy (non-hydrogen) atoms. The topological polar surface area (TPSA) is 248 Å². The van der Waals surface area contributed by atoms with Crippen molar-refractivity contribution in [2.24, 2.45) is 17.4 Å². The van der Waals surface area contributed by atoms with E-state index in [1.54, 1.807) is 0 Å². The van der Waals surface area contributed by atoms with Crippen molar-refractivity contribution in [2.75, 3.05) is 13.1 Å². The summed E-state index contributed by atoms with van der Waals surface area (Å²) in [6, 6.07) is -0.878. The number of carbonyl (C=O) groups excluding carboxylic acids is 3. The highest BCUT2D eigenvalue weighted by Gasteiger charge is 2.28. The first-order valence-corrected chi connectivity index (χ1v) is 13.7. The van der Waals surface area contributed by atoms with E-state index in [0.29, 0.717) is 38.8 Å². The van der Waals surface area contributed by atoms with Crippen molar-refractivity contribution in [1.82, 2.24) is 26.6 Å². The van der Waals surface area contributed by atoms with Crippen molar-refractivity contribution in [2.45, 2.75) is 103 Å². The van der Waals surface area contributed by atoms with Crippen LogP contribution < -0.4 is 38.1 Å². The summed E-state index contributed by atoms with van der Waals surface area (Å²) >= 11 is 0. The zero-order chi connectivity index (χ0) is 29.6. The predicted molar refractivity (Wildman–Crippen MR) is 150 cm³/mol. The molecule has 0 saturated carbocycles.